The Bertz CT molecular complexity index is 863. The number of rotatable bonds is 4. The van der Waals surface area contributed by atoms with E-state index < -0.39 is 0 Å². The maximum absolute atomic E-state index is 13.2. The van der Waals surface area contributed by atoms with Crippen LogP contribution in [0.25, 0.3) is 0 Å². The van der Waals surface area contributed by atoms with Crippen LogP contribution >= 0.6 is 23.2 Å². The third kappa shape index (κ3) is 3.94. The van der Waals surface area contributed by atoms with E-state index >= 15 is 0 Å². The molecule has 1 aliphatic carbocycles. The van der Waals surface area contributed by atoms with Gasteiger partial charge in [-0.15, -0.1) is 0 Å². The third-order valence-electron chi connectivity index (χ3n) is 6.18. The Labute approximate surface area is 177 Å². The van der Waals surface area contributed by atoms with E-state index in [0.29, 0.717) is 22.5 Å². The van der Waals surface area contributed by atoms with E-state index in [4.69, 9.17) is 23.2 Å². The highest BCUT2D eigenvalue weighted by atomic mass is 35.5. The fourth-order valence-electron chi connectivity index (χ4n) is 4.70. The summed E-state index contributed by atoms with van der Waals surface area (Å²) in [6.07, 6.45) is 5.16. The Hall–Kier alpha value is -1.55. The lowest BCUT2D eigenvalue weighted by Gasteiger charge is -2.39. The fraction of sp³-hybridized carbons (Fsp3) is 0.435. The van der Waals surface area contributed by atoms with Crippen LogP contribution in [-0.4, -0.2) is 41.9 Å². The first-order valence-electron chi connectivity index (χ1n) is 10.1. The van der Waals surface area contributed by atoms with Gasteiger partial charge in [-0.25, -0.2) is 0 Å². The zero-order valence-electron chi connectivity index (χ0n) is 16.2. The standard InChI is InChI=1S/C23H26Cl2N2O/c1-26(22(28)14-16-9-10-19(24)20(25)13-16)23-18-8-4-3-7-17(18)15-21(23)27-11-5-2-6-12-27/h3-4,7-10,13,21,23H,2,5-6,11-12,14-15H2,1H3. The number of carbonyl (C=O) groups excluding carboxylic acids is 1. The van der Waals surface area contributed by atoms with Crippen molar-refractivity contribution >= 4 is 29.1 Å². The second-order valence-electron chi connectivity index (χ2n) is 7.94. The summed E-state index contributed by atoms with van der Waals surface area (Å²) in [6, 6.07) is 14.5. The van der Waals surface area contributed by atoms with E-state index in [0.717, 1.165) is 25.1 Å². The minimum absolute atomic E-state index is 0.101. The predicted molar refractivity (Wildman–Crippen MR) is 115 cm³/mol. The highest BCUT2D eigenvalue weighted by molar-refractivity contribution is 6.42. The smallest absolute Gasteiger partial charge is 0.227 e. The summed E-state index contributed by atoms with van der Waals surface area (Å²) in [6.45, 7) is 2.26. The van der Waals surface area contributed by atoms with Crippen molar-refractivity contribution in [1.82, 2.24) is 9.80 Å². The van der Waals surface area contributed by atoms with Crippen molar-refractivity contribution in [2.45, 2.75) is 44.2 Å². The molecule has 1 saturated heterocycles. The van der Waals surface area contributed by atoms with Crippen molar-refractivity contribution < 1.29 is 4.79 Å². The van der Waals surface area contributed by atoms with Gasteiger partial charge in [-0.1, -0.05) is 60.0 Å². The van der Waals surface area contributed by atoms with Crippen LogP contribution in [0.15, 0.2) is 42.5 Å². The van der Waals surface area contributed by atoms with Gasteiger partial charge in [0.2, 0.25) is 5.91 Å². The highest BCUT2D eigenvalue weighted by Gasteiger charge is 2.40. The SMILES string of the molecule is CN(C(=O)Cc1ccc(Cl)c(Cl)c1)C1c2ccccc2CC1N1CCCCC1. The molecule has 0 radical (unpaired) electrons. The molecule has 0 N–H and O–H groups in total. The Morgan fingerprint density at radius 1 is 1.07 bits per heavy atom. The first kappa shape index (κ1) is 19.8. The van der Waals surface area contributed by atoms with E-state index in [2.05, 4.69) is 29.2 Å². The van der Waals surface area contributed by atoms with Crippen LogP contribution in [0.1, 0.15) is 42.0 Å². The maximum Gasteiger partial charge on any atom is 0.227 e. The summed E-state index contributed by atoms with van der Waals surface area (Å²) in [7, 11) is 1.95. The van der Waals surface area contributed by atoms with Crippen LogP contribution in [-0.2, 0) is 17.6 Å². The topological polar surface area (TPSA) is 23.6 Å². The summed E-state index contributed by atoms with van der Waals surface area (Å²) < 4.78 is 0. The zero-order valence-corrected chi connectivity index (χ0v) is 17.7. The molecule has 2 unspecified atom stereocenters. The average molecular weight is 417 g/mol. The van der Waals surface area contributed by atoms with Crippen LogP contribution in [0.3, 0.4) is 0 Å². The molecular formula is C23H26Cl2N2O. The van der Waals surface area contributed by atoms with Gasteiger partial charge >= 0.3 is 0 Å². The average Bonchev–Trinajstić information content (AvgIpc) is 3.10. The van der Waals surface area contributed by atoms with Gasteiger partial charge in [0.25, 0.3) is 0 Å². The molecule has 148 valence electrons. The Morgan fingerprint density at radius 2 is 1.82 bits per heavy atom. The highest BCUT2D eigenvalue weighted by Crippen LogP contribution is 2.39. The molecule has 28 heavy (non-hydrogen) atoms. The van der Waals surface area contributed by atoms with Crippen LogP contribution in [0.2, 0.25) is 10.0 Å². The van der Waals surface area contributed by atoms with Crippen molar-refractivity contribution in [3.05, 3.63) is 69.2 Å². The number of piperidine rings is 1. The van der Waals surface area contributed by atoms with Gasteiger partial charge in [-0.3, -0.25) is 9.69 Å². The molecule has 4 rings (SSSR count). The van der Waals surface area contributed by atoms with Crippen molar-refractivity contribution in [3.8, 4) is 0 Å². The maximum atomic E-state index is 13.2. The Morgan fingerprint density at radius 3 is 2.57 bits per heavy atom. The first-order valence-corrected chi connectivity index (χ1v) is 10.8. The number of hydrogen-bond donors (Lipinski definition) is 0. The molecule has 1 fully saturated rings. The molecule has 2 aromatic rings. The molecule has 0 bridgehead atoms. The summed E-state index contributed by atoms with van der Waals surface area (Å²) >= 11 is 12.1. The lowest BCUT2D eigenvalue weighted by Crippen LogP contribution is -2.47. The lowest BCUT2D eigenvalue weighted by atomic mass is 10.0. The molecule has 1 heterocycles. The molecular weight excluding hydrogens is 391 g/mol. The number of hydrogen-bond acceptors (Lipinski definition) is 2. The van der Waals surface area contributed by atoms with Crippen LogP contribution in [0.4, 0.5) is 0 Å². The first-order chi connectivity index (χ1) is 13.5. The molecule has 1 amide bonds. The molecule has 5 heteroatoms. The largest absolute Gasteiger partial charge is 0.337 e. The molecule has 0 saturated carbocycles. The van der Waals surface area contributed by atoms with E-state index in [1.54, 1.807) is 12.1 Å². The molecule has 2 aliphatic rings. The molecule has 2 atom stereocenters. The number of benzene rings is 2. The van der Waals surface area contributed by atoms with Gasteiger partial charge in [0, 0.05) is 13.1 Å². The molecule has 2 aromatic carbocycles. The van der Waals surface area contributed by atoms with Gasteiger partial charge in [0.15, 0.2) is 0 Å². The number of likely N-dealkylation sites (N-methyl/N-ethyl adjacent to an activating group) is 1. The molecule has 3 nitrogen and oxygen atoms in total. The van der Waals surface area contributed by atoms with Crippen molar-refractivity contribution in [3.63, 3.8) is 0 Å². The Balaban J connectivity index is 1.57. The Kier molecular flexibility index (Phi) is 5.96. The number of fused-ring (bicyclic) bond motifs is 1. The van der Waals surface area contributed by atoms with Gasteiger partial charge in [-0.2, -0.15) is 0 Å². The molecule has 0 spiro atoms. The van der Waals surface area contributed by atoms with Crippen molar-refractivity contribution in [1.29, 1.82) is 0 Å². The van der Waals surface area contributed by atoms with E-state index in [-0.39, 0.29) is 11.9 Å². The number of likely N-dealkylation sites (tertiary alicyclic amines) is 1. The van der Waals surface area contributed by atoms with E-state index in [9.17, 15) is 4.79 Å². The number of carbonyl (C=O) groups is 1. The second kappa shape index (κ2) is 8.44. The molecule has 0 aromatic heterocycles. The van der Waals surface area contributed by atoms with Crippen LogP contribution in [0.5, 0.6) is 0 Å². The summed E-state index contributed by atoms with van der Waals surface area (Å²) in [4.78, 5) is 17.7. The minimum Gasteiger partial charge on any atom is -0.337 e. The number of amides is 1. The summed E-state index contributed by atoms with van der Waals surface area (Å²) in [5.74, 6) is 0.113. The van der Waals surface area contributed by atoms with Gasteiger partial charge < -0.3 is 4.90 Å². The summed E-state index contributed by atoms with van der Waals surface area (Å²) in [5, 5.41) is 1.01. The predicted octanol–water partition coefficient (Wildman–Crippen LogP) is 5.15. The van der Waals surface area contributed by atoms with Crippen LogP contribution < -0.4 is 0 Å². The number of nitrogens with zero attached hydrogens (tertiary/aromatic N) is 2. The fourth-order valence-corrected chi connectivity index (χ4v) is 5.02. The summed E-state index contributed by atoms with van der Waals surface area (Å²) in [5.41, 5.74) is 3.56. The molecule has 1 aliphatic heterocycles. The lowest BCUT2D eigenvalue weighted by molar-refractivity contribution is -0.132. The third-order valence-corrected chi connectivity index (χ3v) is 6.92. The minimum atomic E-state index is 0.101. The van der Waals surface area contributed by atoms with Gasteiger partial charge in [0.1, 0.15) is 0 Å². The van der Waals surface area contributed by atoms with Gasteiger partial charge in [0.05, 0.1) is 22.5 Å². The number of halogens is 2. The van der Waals surface area contributed by atoms with Crippen molar-refractivity contribution in [2.24, 2.45) is 0 Å². The monoisotopic (exact) mass is 416 g/mol. The van der Waals surface area contributed by atoms with E-state index in [1.807, 2.05) is 18.0 Å². The quantitative estimate of drug-likeness (QED) is 0.687. The normalized spacial score (nSPS) is 22.1. The second-order valence-corrected chi connectivity index (χ2v) is 8.76. The van der Waals surface area contributed by atoms with Crippen LogP contribution in [0, 0.1) is 0 Å². The van der Waals surface area contributed by atoms with Crippen molar-refractivity contribution in [2.75, 3.05) is 20.1 Å². The van der Waals surface area contributed by atoms with Gasteiger partial charge in [-0.05, 0) is 61.2 Å². The zero-order chi connectivity index (χ0) is 19.7. The van der Waals surface area contributed by atoms with E-state index in [1.165, 1.54) is 30.4 Å².